The minimum Gasteiger partial charge on any atom is -0.409 e. The van der Waals surface area contributed by atoms with E-state index in [-0.39, 0.29) is 6.61 Å². The van der Waals surface area contributed by atoms with Gasteiger partial charge in [0, 0.05) is 13.2 Å². The molecule has 6 nitrogen and oxygen atoms in total. The third kappa shape index (κ3) is 4.64. The lowest BCUT2D eigenvalue weighted by Crippen LogP contribution is -2.32. The number of hydrogen-bond donors (Lipinski definition) is 0. The van der Waals surface area contributed by atoms with E-state index in [1.54, 1.807) is 42.6 Å². The van der Waals surface area contributed by atoms with Gasteiger partial charge in [-0.25, -0.2) is 13.3 Å². The summed E-state index contributed by atoms with van der Waals surface area (Å²) in [6.45, 7) is 1.92. The largest absolute Gasteiger partial charge is 0.428 e. The number of nitrogens with zero attached hydrogens (tertiary/aromatic N) is 2. The van der Waals surface area contributed by atoms with E-state index in [9.17, 15) is 9.00 Å². The monoisotopic (exact) mass is 320 g/mol. The Morgan fingerprint density at radius 2 is 2.09 bits per heavy atom. The molecule has 7 heteroatoms. The minimum absolute atomic E-state index is 0.0372. The number of ether oxygens (including phenoxy) is 1. The van der Waals surface area contributed by atoms with Gasteiger partial charge in [0.25, 0.3) is 11.3 Å². The fourth-order valence-electron chi connectivity index (χ4n) is 1.58. The summed E-state index contributed by atoms with van der Waals surface area (Å²) in [5.74, 6) is 0.388. The highest BCUT2D eigenvalue weighted by atomic mass is 32.2. The molecule has 22 heavy (non-hydrogen) atoms. The smallest absolute Gasteiger partial charge is 0.409 e. The number of carbonyl (C=O) groups excluding carboxylic acids is 1. The van der Waals surface area contributed by atoms with Crippen LogP contribution in [0.5, 0.6) is 5.75 Å². The minimum atomic E-state index is -1.96. The first kappa shape index (κ1) is 16.1. The molecular formula is C15H16N2O4S. The Balaban J connectivity index is 1.88. The van der Waals surface area contributed by atoms with E-state index in [4.69, 9.17) is 8.92 Å². The van der Waals surface area contributed by atoms with Crippen LogP contribution in [0, 0.1) is 6.92 Å². The van der Waals surface area contributed by atoms with Crippen LogP contribution < -0.4 is 4.74 Å². The molecule has 1 amide bonds. The van der Waals surface area contributed by atoms with Crippen LogP contribution in [-0.2, 0) is 22.1 Å². The van der Waals surface area contributed by atoms with Crippen LogP contribution in [0.1, 0.15) is 11.3 Å². The summed E-state index contributed by atoms with van der Waals surface area (Å²) in [6.07, 6.45) is 0.849. The molecule has 1 heterocycles. The van der Waals surface area contributed by atoms with E-state index in [1.165, 1.54) is 7.05 Å². The van der Waals surface area contributed by atoms with E-state index in [1.807, 2.05) is 13.0 Å². The van der Waals surface area contributed by atoms with Crippen LogP contribution in [0.2, 0.25) is 0 Å². The van der Waals surface area contributed by atoms with Crippen molar-refractivity contribution >= 4 is 17.4 Å². The SMILES string of the molecule is Cc1cccc(OC(=O)N(C)S(=O)OCc2ccccn2)c1. The van der Waals surface area contributed by atoms with Gasteiger partial charge in [-0.3, -0.25) is 9.17 Å². The van der Waals surface area contributed by atoms with Gasteiger partial charge in [0.1, 0.15) is 12.4 Å². The Labute approximate surface area is 131 Å². The first-order valence-corrected chi connectivity index (χ1v) is 7.56. The van der Waals surface area contributed by atoms with Crippen LogP contribution in [-0.4, -0.2) is 26.6 Å². The van der Waals surface area contributed by atoms with Crippen molar-refractivity contribution in [2.45, 2.75) is 13.5 Å². The molecule has 1 aromatic carbocycles. The van der Waals surface area contributed by atoms with E-state index in [2.05, 4.69) is 4.98 Å². The zero-order valence-electron chi connectivity index (χ0n) is 12.3. The van der Waals surface area contributed by atoms with Crippen molar-refractivity contribution in [2.24, 2.45) is 0 Å². The second kappa shape index (κ2) is 7.67. The Bertz CT molecular complexity index is 664. The molecule has 0 radical (unpaired) electrons. The summed E-state index contributed by atoms with van der Waals surface area (Å²) in [5, 5.41) is 0. The van der Waals surface area contributed by atoms with Crippen molar-refractivity contribution in [1.82, 2.24) is 9.29 Å². The summed E-state index contributed by atoms with van der Waals surface area (Å²) in [6, 6.07) is 12.3. The van der Waals surface area contributed by atoms with Gasteiger partial charge in [0.2, 0.25) is 0 Å². The van der Waals surface area contributed by atoms with Gasteiger partial charge < -0.3 is 4.74 Å². The van der Waals surface area contributed by atoms with Crippen molar-refractivity contribution in [3.8, 4) is 5.75 Å². The first-order valence-electron chi connectivity index (χ1n) is 6.53. The van der Waals surface area contributed by atoms with Crippen molar-refractivity contribution in [1.29, 1.82) is 0 Å². The summed E-state index contributed by atoms with van der Waals surface area (Å²) < 4.78 is 23.0. The average Bonchev–Trinajstić information content (AvgIpc) is 2.53. The maximum atomic E-state index is 11.9. The van der Waals surface area contributed by atoms with E-state index in [0.717, 1.165) is 9.87 Å². The molecule has 2 aromatic rings. The lowest BCUT2D eigenvalue weighted by Gasteiger charge is -2.15. The second-order valence-corrected chi connectivity index (χ2v) is 5.70. The van der Waals surface area contributed by atoms with Gasteiger partial charge >= 0.3 is 6.09 Å². The molecule has 0 saturated heterocycles. The maximum absolute atomic E-state index is 11.9. The normalized spacial score (nSPS) is 11.7. The van der Waals surface area contributed by atoms with E-state index in [0.29, 0.717) is 11.4 Å². The number of amides is 1. The predicted octanol–water partition coefficient (Wildman–Crippen LogP) is 2.62. The maximum Gasteiger partial charge on any atom is 0.428 e. The highest BCUT2D eigenvalue weighted by molar-refractivity contribution is 7.78. The molecular weight excluding hydrogens is 304 g/mol. The Kier molecular flexibility index (Phi) is 5.62. The number of aromatic nitrogens is 1. The summed E-state index contributed by atoms with van der Waals surface area (Å²) in [5.41, 5.74) is 1.58. The lowest BCUT2D eigenvalue weighted by molar-refractivity contribution is 0.181. The molecule has 0 spiro atoms. The Morgan fingerprint density at radius 1 is 1.27 bits per heavy atom. The van der Waals surface area contributed by atoms with Gasteiger partial charge in [0.05, 0.1) is 5.69 Å². The third-order valence-corrected chi connectivity index (χ3v) is 3.62. The molecule has 0 bridgehead atoms. The van der Waals surface area contributed by atoms with E-state index >= 15 is 0 Å². The molecule has 0 aliphatic carbocycles. The molecule has 2 rings (SSSR count). The highest BCUT2D eigenvalue weighted by Crippen LogP contribution is 2.14. The first-order chi connectivity index (χ1) is 10.6. The number of benzene rings is 1. The average molecular weight is 320 g/mol. The third-order valence-electron chi connectivity index (χ3n) is 2.71. The lowest BCUT2D eigenvalue weighted by atomic mass is 10.2. The number of hydrogen-bond acceptors (Lipinski definition) is 5. The van der Waals surface area contributed by atoms with Crippen LogP contribution in [0.15, 0.2) is 48.7 Å². The van der Waals surface area contributed by atoms with Crippen LogP contribution >= 0.6 is 0 Å². The molecule has 1 atom stereocenters. The number of rotatable bonds is 5. The van der Waals surface area contributed by atoms with Crippen molar-refractivity contribution < 1.29 is 17.9 Å². The number of carbonyl (C=O) groups is 1. The van der Waals surface area contributed by atoms with Crippen molar-refractivity contribution in [3.05, 3.63) is 59.9 Å². The predicted molar refractivity (Wildman–Crippen MR) is 82.1 cm³/mol. The van der Waals surface area contributed by atoms with Crippen molar-refractivity contribution in [2.75, 3.05) is 7.05 Å². The number of aryl methyl sites for hydroxylation is 1. The zero-order chi connectivity index (χ0) is 15.9. The van der Waals surface area contributed by atoms with Crippen LogP contribution in [0.3, 0.4) is 0 Å². The van der Waals surface area contributed by atoms with Gasteiger partial charge in [-0.2, -0.15) is 0 Å². The van der Waals surface area contributed by atoms with Crippen molar-refractivity contribution in [3.63, 3.8) is 0 Å². The highest BCUT2D eigenvalue weighted by Gasteiger charge is 2.19. The fraction of sp³-hybridized carbons (Fsp3) is 0.200. The standard InChI is InChI=1S/C15H16N2O4S/c1-12-6-5-8-14(10-12)21-15(18)17(2)22(19)20-11-13-7-3-4-9-16-13/h3-10H,11H2,1-2H3. The molecule has 0 fully saturated rings. The molecule has 0 aliphatic rings. The molecule has 1 unspecified atom stereocenters. The molecule has 0 saturated carbocycles. The Hall–Kier alpha value is -2.25. The quantitative estimate of drug-likeness (QED) is 0.847. The topological polar surface area (TPSA) is 68.7 Å². The Morgan fingerprint density at radius 3 is 2.77 bits per heavy atom. The van der Waals surface area contributed by atoms with Gasteiger partial charge in [-0.15, -0.1) is 0 Å². The molecule has 116 valence electrons. The zero-order valence-corrected chi connectivity index (χ0v) is 13.1. The summed E-state index contributed by atoms with van der Waals surface area (Å²) in [4.78, 5) is 15.9. The molecule has 0 aliphatic heterocycles. The molecule has 1 aromatic heterocycles. The van der Waals surface area contributed by atoms with Crippen LogP contribution in [0.4, 0.5) is 4.79 Å². The number of pyridine rings is 1. The van der Waals surface area contributed by atoms with Gasteiger partial charge in [-0.1, -0.05) is 18.2 Å². The fourth-order valence-corrected chi connectivity index (χ4v) is 2.12. The van der Waals surface area contributed by atoms with Crippen LogP contribution in [0.25, 0.3) is 0 Å². The summed E-state index contributed by atoms with van der Waals surface area (Å²) >= 11 is -1.96. The molecule has 0 N–H and O–H groups in total. The van der Waals surface area contributed by atoms with Gasteiger partial charge in [-0.05, 0) is 36.8 Å². The van der Waals surface area contributed by atoms with E-state index < -0.39 is 17.4 Å². The second-order valence-electron chi connectivity index (χ2n) is 4.48. The van der Waals surface area contributed by atoms with Gasteiger partial charge in [0.15, 0.2) is 0 Å². The summed E-state index contributed by atoms with van der Waals surface area (Å²) in [7, 11) is 1.34.